The highest BCUT2D eigenvalue weighted by molar-refractivity contribution is 9.07. The second-order valence-corrected chi connectivity index (χ2v) is 7.83. The molecule has 2 bridgehead atoms. The maximum Gasteiger partial charge on any atom is 0.168 e. The Bertz CT molecular complexity index is 645. The third-order valence-electron chi connectivity index (χ3n) is 5.94. The van der Waals surface area contributed by atoms with E-state index in [9.17, 15) is 4.79 Å². The van der Waals surface area contributed by atoms with Crippen LogP contribution in [0.3, 0.4) is 0 Å². The lowest BCUT2D eigenvalue weighted by molar-refractivity contribution is -0.124. The van der Waals surface area contributed by atoms with Gasteiger partial charge in [-0.3, -0.25) is 14.1 Å². The third-order valence-corrected chi connectivity index (χ3v) is 6.35. The summed E-state index contributed by atoms with van der Waals surface area (Å²) < 4.78 is 1.80. The van der Waals surface area contributed by atoms with Gasteiger partial charge in [-0.15, -0.1) is 0 Å². The number of hydrazine groups is 1. The Hall–Kier alpha value is -1.27. The van der Waals surface area contributed by atoms with E-state index in [4.69, 9.17) is 0 Å². The van der Waals surface area contributed by atoms with Gasteiger partial charge in [0.25, 0.3) is 0 Å². The molecule has 0 radical (unpaired) electrons. The molecule has 0 aromatic carbocycles. The molecule has 3 saturated heterocycles. The first-order valence-corrected chi connectivity index (χ1v) is 8.82. The molecule has 0 aromatic heterocycles. The summed E-state index contributed by atoms with van der Waals surface area (Å²) in [6.07, 6.45) is 7.26. The predicted octanol–water partition coefficient (Wildman–Crippen LogP) is 1.63. The van der Waals surface area contributed by atoms with Crippen LogP contribution in [-0.2, 0) is 4.79 Å². The van der Waals surface area contributed by atoms with E-state index >= 15 is 0 Å². The quantitative estimate of drug-likeness (QED) is 0.694. The average Bonchev–Trinajstić information content (AvgIpc) is 2.95. The first kappa shape index (κ1) is 13.2. The molecule has 5 heterocycles. The molecule has 22 heavy (non-hydrogen) atoms. The van der Waals surface area contributed by atoms with E-state index in [0.29, 0.717) is 11.7 Å². The van der Waals surface area contributed by atoms with Crippen molar-refractivity contribution >= 4 is 21.9 Å². The van der Waals surface area contributed by atoms with E-state index in [2.05, 4.69) is 31.9 Å². The minimum absolute atomic E-state index is 0.130. The smallest absolute Gasteiger partial charge is 0.168 e. The van der Waals surface area contributed by atoms with Gasteiger partial charge in [-0.1, -0.05) is 0 Å². The number of rotatable bonds is 1. The summed E-state index contributed by atoms with van der Waals surface area (Å²) in [5.74, 6) is 1.71. The van der Waals surface area contributed by atoms with Gasteiger partial charge in [-0.05, 0) is 37.8 Å². The summed E-state index contributed by atoms with van der Waals surface area (Å²) in [6.45, 7) is 3.55. The number of halogens is 1. The zero-order valence-electron chi connectivity index (χ0n) is 12.3. The molecule has 0 spiro atoms. The number of hydrogen-bond acceptors (Lipinski definition) is 5. The predicted molar refractivity (Wildman–Crippen MR) is 86.0 cm³/mol. The van der Waals surface area contributed by atoms with Crippen LogP contribution in [-0.4, -0.2) is 34.2 Å². The molecule has 6 rings (SSSR count). The molecule has 5 nitrogen and oxygen atoms in total. The Morgan fingerprint density at radius 3 is 2.73 bits per heavy atom. The number of nitrogens with zero attached hydrogens (tertiary/aromatic N) is 2. The molecule has 6 aliphatic rings. The third kappa shape index (κ3) is 1.77. The molecule has 6 heteroatoms. The Kier molecular flexibility index (Phi) is 2.77. The number of ketones is 1. The van der Waals surface area contributed by atoms with E-state index in [0.717, 1.165) is 35.7 Å². The van der Waals surface area contributed by atoms with E-state index < -0.39 is 0 Å². The van der Waals surface area contributed by atoms with Crippen LogP contribution in [0.2, 0.25) is 0 Å². The fourth-order valence-corrected chi connectivity index (χ4v) is 5.26. The van der Waals surface area contributed by atoms with Crippen molar-refractivity contribution in [3.63, 3.8) is 0 Å². The van der Waals surface area contributed by atoms with Crippen LogP contribution in [0, 0.1) is 17.8 Å². The first-order chi connectivity index (χ1) is 10.7. The largest absolute Gasteiger partial charge is 0.304 e. The molecular formula is C16H19BrN4O. The van der Waals surface area contributed by atoms with Crippen LogP contribution in [0.25, 0.3) is 0 Å². The molecule has 116 valence electrons. The lowest BCUT2D eigenvalue weighted by Crippen LogP contribution is -2.52. The van der Waals surface area contributed by atoms with Gasteiger partial charge in [0.2, 0.25) is 0 Å². The number of carbonyl (C=O) groups is 1. The Balaban J connectivity index is 1.52. The SMILES string of the molecule is O=C1C2=CN(Br)C=C3NNC(=C32)C[C@@H]1C1CN2CCC1CC2. The van der Waals surface area contributed by atoms with Crippen LogP contribution >= 0.6 is 16.1 Å². The maximum atomic E-state index is 13.1. The summed E-state index contributed by atoms with van der Waals surface area (Å²) in [4.78, 5) is 15.7. The number of allylic oxidation sites excluding steroid dienone is 2. The highest BCUT2D eigenvalue weighted by Crippen LogP contribution is 2.46. The number of Topliss-reactive ketones (excluding diaryl/α,β-unsaturated/α-hetero) is 1. The van der Waals surface area contributed by atoms with Crippen molar-refractivity contribution in [1.82, 2.24) is 19.7 Å². The Morgan fingerprint density at radius 1 is 1.18 bits per heavy atom. The minimum atomic E-state index is 0.130. The molecule has 0 saturated carbocycles. The van der Waals surface area contributed by atoms with Crippen LogP contribution in [0.5, 0.6) is 0 Å². The zero-order chi connectivity index (χ0) is 14.8. The van der Waals surface area contributed by atoms with Crippen molar-refractivity contribution in [2.75, 3.05) is 19.6 Å². The van der Waals surface area contributed by atoms with Gasteiger partial charge >= 0.3 is 0 Å². The lowest BCUT2D eigenvalue weighted by Gasteiger charge is -2.48. The summed E-state index contributed by atoms with van der Waals surface area (Å²) in [7, 11) is 0. The van der Waals surface area contributed by atoms with E-state index in [1.54, 1.807) is 3.93 Å². The van der Waals surface area contributed by atoms with Crippen LogP contribution in [0.1, 0.15) is 19.3 Å². The normalized spacial score (nSPS) is 39.1. The first-order valence-electron chi connectivity index (χ1n) is 8.11. The Morgan fingerprint density at radius 2 is 2.00 bits per heavy atom. The second-order valence-electron chi connectivity index (χ2n) is 7.01. The fourth-order valence-electron chi connectivity index (χ4n) is 4.85. The van der Waals surface area contributed by atoms with Crippen LogP contribution in [0.4, 0.5) is 0 Å². The summed E-state index contributed by atoms with van der Waals surface area (Å²) in [6, 6.07) is 0. The molecule has 1 aliphatic carbocycles. The lowest BCUT2D eigenvalue weighted by atomic mass is 9.66. The van der Waals surface area contributed by atoms with Gasteiger partial charge in [-0.2, -0.15) is 0 Å². The number of piperidine rings is 3. The summed E-state index contributed by atoms with van der Waals surface area (Å²) in [5, 5.41) is 0. The molecule has 0 aromatic rings. The van der Waals surface area contributed by atoms with Gasteiger partial charge in [0.15, 0.2) is 5.78 Å². The molecule has 5 aliphatic heterocycles. The highest BCUT2D eigenvalue weighted by Gasteiger charge is 2.46. The fraction of sp³-hybridized carbons (Fsp3) is 0.562. The number of carbonyl (C=O) groups excluding carboxylic acids is 1. The van der Waals surface area contributed by atoms with Crippen molar-refractivity contribution in [3.05, 3.63) is 34.9 Å². The van der Waals surface area contributed by atoms with E-state index in [1.807, 2.05) is 12.4 Å². The summed E-state index contributed by atoms with van der Waals surface area (Å²) >= 11 is 3.46. The second kappa shape index (κ2) is 4.61. The topological polar surface area (TPSA) is 47.6 Å². The van der Waals surface area contributed by atoms with Crippen LogP contribution in [0.15, 0.2) is 34.9 Å². The Labute approximate surface area is 138 Å². The molecule has 0 amide bonds. The number of fused-ring (bicyclic) bond motifs is 3. The van der Waals surface area contributed by atoms with Gasteiger partial charge in [-0.25, -0.2) is 0 Å². The van der Waals surface area contributed by atoms with Gasteiger partial charge in [0, 0.05) is 48.1 Å². The molecule has 2 atom stereocenters. The van der Waals surface area contributed by atoms with Crippen molar-refractivity contribution < 1.29 is 4.79 Å². The maximum absolute atomic E-state index is 13.1. The molecular weight excluding hydrogens is 344 g/mol. The van der Waals surface area contributed by atoms with E-state index in [-0.39, 0.29) is 5.92 Å². The number of hydrogen-bond donors (Lipinski definition) is 2. The highest BCUT2D eigenvalue weighted by atomic mass is 79.9. The van der Waals surface area contributed by atoms with Crippen LogP contribution < -0.4 is 10.9 Å². The summed E-state index contributed by atoms with van der Waals surface area (Å²) in [5.41, 5.74) is 10.6. The zero-order valence-corrected chi connectivity index (χ0v) is 13.9. The number of nitrogens with one attached hydrogen (secondary N) is 2. The average molecular weight is 363 g/mol. The van der Waals surface area contributed by atoms with Gasteiger partial charge in [0.1, 0.15) is 0 Å². The van der Waals surface area contributed by atoms with Gasteiger partial charge in [0.05, 0.1) is 21.8 Å². The van der Waals surface area contributed by atoms with Crippen molar-refractivity contribution in [3.8, 4) is 0 Å². The standard InChI is InChI=1S/C16H19BrN4O/c17-21-7-12-15-13(18-19-14(15)8-21)5-10(16(12)22)11-6-20-3-1-9(11)2-4-20/h7-11,18-19H,1-6H2/t10-,11?/m1/s1. The van der Waals surface area contributed by atoms with Crippen molar-refractivity contribution in [2.24, 2.45) is 17.8 Å². The monoisotopic (exact) mass is 362 g/mol. The minimum Gasteiger partial charge on any atom is -0.304 e. The molecule has 2 N–H and O–H groups in total. The molecule has 1 unspecified atom stereocenters. The van der Waals surface area contributed by atoms with E-state index in [1.165, 1.54) is 31.6 Å². The van der Waals surface area contributed by atoms with Crippen molar-refractivity contribution in [2.45, 2.75) is 19.3 Å². The van der Waals surface area contributed by atoms with Crippen molar-refractivity contribution in [1.29, 1.82) is 0 Å². The van der Waals surface area contributed by atoms with Gasteiger partial charge < -0.3 is 10.3 Å². The molecule has 3 fully saturated rings.